The molecule has 6 heteroatoms. The molecule has 114 valence electrons. The van der Waals surface area contributed by atoms with Gasteiger partial charge < -0.3 is 4.90 Å². The van der Waals surface area contributed by atoms with E-state index in [1.165, 1.54) is 14.7 Å². The van der Waals surface area contributed by atoms with Crippen molar-refractivity contribution in [3.63, 3.8) is 0 Å². The molecule has 3 atom stereocenters. The van der Waals surface area contributed by atoms with Gasteiger partial charge in [0.05, 0.1) is 27.5 Å². The Balaban J connectivity index is 1.64. The minimum Gasteiger partial charge on any atom is -0.315 e. The van der Waals surface area contributed by atoms with Crippen molar-refractivity contribution in [2.24, 2.45) is 11.8 Å². The van der Waals surface area contributed by atoms with Gasteiger partial charge in [0.25, 0.3) is 0 Å². The summed E-state index contributed by atoms with van der Waals surface area (Å²) < 4.78 is 1.12. The van der Waals surface area contributed by atoms with Crippen molar-refractivity contribution in [1.29, 1.82) is 0 Å². The summed E-state index contributed by atoms with van der Waals surface area (Å²) in [6.07, 6.45) is 3.95. The number of hydrogen-bond donors (Lipinski definition) is 1. The van der Waals surface area contributed by atoms with E-state index in [-0.39, 0.29) is 23.7 Å². The quantitative estimate of drug-likeness (QED) is 0.817. The molecule has 4 nitrogen and oxygen atoms in total. The van der Waals surface area contributed by atoms with Crippen LogP contribution in [0.1, 0.15) is 30.6 Å². The molecule has 1 saturated heterocycles. The minimum absolute atomic E-state index is 0.0325. The summed E-state index contributed by atoms with van der Waals surface area (Å²) >= 11 is 5.16. The number of amides is 2. The van der Waals surface area contributed by atoms with Crippen molar-refractivity contribution in [2.75, 3.05) is 13.7 Å². The highest BCUT2D eigenvalue weighted by Crippen LogP contribution is 2.37. The van der Waals surface area contributed by atoms with E-state index >= 15 is 0 Å². The van der Waals surface area contributed by atoms with Gasteiger partial charge in [-0.1, -0.05) is 12.8 Å². The third-order valence-corrected chi connectivity index (χ3v) is 6.09. The van der Waals surface area contributed by atoms with Gasteiger partial charge in [-0.25, -0.2) is 4.90 Å². The molecule has 1 saturated carbocycles. The number of carbonyl (C=O) groups excluding carboxylic acids is 2. The highest BCUT2D eigenvalue weighted by atomic mass is 79.9. The lowest BCUT2D eigenvalue weighted by atomic mass is 9.81. The topological polar surface area (TPSA) is 41.8 Å². The lowest BCUT2D eigenvalue weighted by Gasteiger charge is -2.20. The molecule has 2 amide bonds. The maximum atomic E-state index is 12.4. The smallest absolute Gasteiger partial charge is 0.237 e. The van der Waals surface area contributed by atoms with Crippen LogP contribution in [0.15, 0.2) is 15.9 Å². The Kier molecular flexibility index (Phi) is 4.47. The van der Waals surface area contributed by atoms with E-state index in [9.17, 15) is 9.59 Å². The Hall–Kier alpha value is -0.720. The predicted molar refractivity (Wildman–Crippen MR) is 84.8 cm³/mol. The van der Waals surface area contributed by atoms with Gasteiger partial charge in [-0.15, -0.1) is 11.3 Å². The summed E-state index contributed by atoms with van der Waals surface area (Å²) in [4.78, 5) is 28.8. The first-order chi connectivity index (χ1) is 10.1. The summed E-state index contributed by atoms with van der Waals surface area (Å²) in [5, 5.41) is 0. The number of carbonyl (C=O) groups is 2. The number of rotatable bonds is 4. The normalized spacial score (nSPS) is 27.0. The van der Waals surface area contributed by atoms with Gasteiger partial charge in [0.15, 0.2) is 6.67 Å². The fourth-order valence-corrected chi connectivity index (χ4v) is 5.05. The first-order valence-electron chi connectivity index (χ1n) is 7.47. The molecule has 1 unspecified atom stereocenters. The van der Waals surface area contributed by atoms with Crippen LogP contribution in [0.5, 0.6) is 0 Å². The average Bonchev–Trinajstić information content (AvgIpc) is 2.97. The van der Waals surface area contributed by atoms with Crippen LogP contribution in [-0.2, 0) is 16.1 Å². The molecule has 0 bridgehead atoms. The first kappa shape index (κ1) is 15.2. The monoisotopic (exact) mass is 371 g/mol. The summed E-state index contributed by atoms with van der Waals surface area (Å²) in [7, 11) is 2.04. The summed E-state index contributed by atoms with van der Waals surface area (Å²) in [6.45, 7) is 1.32. The van der Waals surface area contributed by atoms with E-state index in [1.54, 1.807) is 11.3 Å². The molecule has 1 aliphatic heterocycles. The lowest BCUT2D eigenvalue weighted by molar-refractivity contribution is -0.900. The molecule has 2 fully saturated rings. The van der Waals surface area contributed by atoms with Crippen LogP contribution in [-0.4, -0.2) is 30.4 Å². The molecule has 1 aliphatic carbocycles. The van der Waals surface area contributed by atoms with Gasteiger partial charge >= 0.3 is 0 Å². The van der Waals surface area contributed by atoms with Gasteiger partial charge in [0.2, 0.25) is 11.8 Å². The molecule has 2 heterocycles. The van der Waals surface area contributed by atoms with E-state index in [2.05, 4.69) is 22.0 Å². The fourth-order valence-electron chi connectivity index (χ4n) is 3.46. The van der Waals surface area contributed by atoms with Gasteiger partial charge in [0.1, 0.15) is 6.54 Å². The van der Waals surface area contributed by atoms with Gasteiger partial charge in [-0.3, -0.25) is 9.59 Å². The third-order valence-electron chi connectivity index (χ3n) is 4.47. The van der Waals surface area contributed by atoms with Crippen molar-refractivity contribution >= 4 is 39.1 Å². The zero-order chi connectivity index (χ0) is 15.0. The van der Waals surface area contributed by atoms with Crippen LogP contribution >= 0.6 is 27.3 Å². The number of likely N-dealkylation sites (tertiary alicyclic amines) is 1. The molecule has 3 rings (SSSR count). The molecule has 0 radical (unpaired) electrons. The summed E-state index contributed by atoms with van der Waals surface area (Å²) in [6, 6.07) is 4.12. The Morgan fingerprint density at radius 2 is 1.86 bits per heavy atom. The Labute approximate surface area is 137 Å². The van der Waals surface area contributed by atoms with Crippen molar-refractivity contribution in [3.05, 3.63) is 20.8 Å². The third kappa shape index (κ3) is 3.07. The average molecular weight is 372 g/mol. The number of nitrogens with one attached hydrogen (secondary N) is 1. The van der Waals surface area contributed by atoms with E-state index in [1.807, 2.05) is 13.1 Å². The minimum atomic E-state index is -0.0325. The van der Waals surface area contributed by atoms with Crippen LogP contribution in [0, 0.1) is 11.8 Å². The standard InChI is InChI=1S/C15H19BrN2O2S/c1-17(8-10-6-7-13(16)21-10)9-18-14(19)11-4-2-3-5-12(11)15(18)20/h6-7,11-12H,2-5,8-9H2,1H3/p+1/t11-,12+. The van der Waals surface area contributed by atoms with Gasteiger partial charge in [-0.2, -0.15) is 0 Å². The number of imide groups is 1. The zero-order valence-electron chi connectivity index (χ0n) is 12.1. The van der Waals surface area contributed by atoms with E-state index in [0.29, 0.717) is 6.67 Å². The molecule has 0 spiro atoms. The van der Waals surface area contributed by atoms with Crippen molar-refractivity contribution < 1.29 is 14.5 Å². The molecule has 0 aromatic carbocycles. The Morgan fingerprint density at radius 3 is 2.38 bits per heavy atom. The first-order valence-corrected chi connectivity index (χ1v) is 9.08. The Bertz CT molecular complexity index is 536. The second-order valence-corrected chi connectivity index (χ2v) is 8.65. The van der Waals surface area contributed by atoms with Crippen molar-refractivity contribution in [2.45, 2.75) is 32.2 Å². The highest BCUT2D eigenvalue weighted by molar-refractivity contribution is 9.11. The fraction of sp³-hybridized carbons (Fsp3) is 0.600. The number of halogens is 1. The number of quaternary nitrogens is 1. The molecule has 21 heavy (non-hydrogen) atoms. The number of hydrogen-bond acceptors (Lipinski definition) is 3. The Morgan fingerprint density at radius 1 is 1.24 bits per heavy atom. The molecule has 1 aromatic heterocycles. The van der Waals surface area contributed by atoms with E-state index < -0.39 is 0 Å². The van der Waals surface area contributed by atoms with Crippen LogP contribution in [0.2, 0.25) is 0 Å². The van der Waals surface area contributed by atoms with Gasteiger partial charge in [0, 0.05) is 0 Å². The molecule has 1 N–H and O–H groups in total. The van der Waals surface area contributed by atoms with Crippen molar-refractivity contribution in [3.8, 4) is 0 Å². The lowest BCUT2D eigenvalue weighted by Crippen LogP contribution is -3.09. The van der Waals surface area contributed by atoms with Crippen LogP contribution in [0.3, 0.4) is 0 Å². The second-order valence-electron chi connectivity index (χ2n) is 6.10. The van der Waals surface area contributed by atoms with Gasteiger partial charge in [-0.05, 0) is 40.9 Å². The zero-order valence-corrected chi connectivity index (χ0v) is 14.5. The largest absolute Gasteiger partial charge is 0.315 e. The molecular formula is C15H20BrN2O2S+. The van der Waals surface area contributed by atoms with E-state index in [0.717, 1.165) is 36.0 Å². The summed E-state index contributed by atoms with van der Waals surface area (Å²) in [5.74, 6) is 0.0673. The SMILES string of the molecule is C[NH+](Cc1ccc(Br)s1)CN1C(=O)[C@H]2CCCC[C@H]2C1=O. The number of thiophene rings is 1. The molecule has 1 aromatic rings. The van der Waals surface area contributed by atoms with Crippen LogP contribution < -0.4 is 4.90 Å². The second kappa shape index (κ2) is 6.18. The van der Waals surface area contributed by atoms with Crippen LogP contribution in [0.4, 0.5) is 0 Å². The van der Waals surface area contributed by atoms with Crippen molar-refractivity contribution in [1.82, 2.24) is 4.90 Å². The maximum absolute atomic E-state index is 12.4. The number of fused-ring (bicyclic) bond motifs is 1. The molecule has 2 aliphatic rings. The maximum Gasteiger partial charge on any atom is 0.237 e. The number of nitrogens with zero attached hydrogens (tertiary/aromatic N) is 1. The highest BCUT2D eigenvalue weighted by Gasteiger charge is 2.48. The van der Waals surface area contributed by atoms with E-state index in [4.69, 9.17) is 0 Å². The predicted octanol–water partition coefficient (Wildman–Crippen LogP) is 1.66. The van der Waals surface area contributed by atoms with Crippen LogP contribution in [0.25, 0.3) is 0 Å². The summed E-state index contributed by atoms with van der Waals surface area (Å²) in [5.41, 5.74) is 0. The molecular weight excluding hydrogens is 352 g/mol.